The molecule has 4 fully saturated rings. The number of amides is 1. The van der Waals surface area contributed by atoms with Gasteiger partial charge in [0.25, 0.3) is 0 Å². The number of hydrogen-bond donors (Lipinski definition) is 1. The third-order valence-electron chi connectivity index (χ3n) is 7.31. The fourth-order valence-corrected chi connectivity index (χ4v) is 5.94. The Labute approximate surface area is 133 Å². The highest BCUT2D eigenvalue weighted by Crippen LogP contribution is 2.55. The van der Waals surface area contributed by atoms with Gasteiger partial charge in [0.05, 0.1) is 6.10 Å². The SMILES string of the molecule is [B]B1[C@H]2N=C3C4C(CCC5CCC(O)C(C)C54)C(=O)N3C[C@@H]12. The van der Waals surface area contributed by atoms with Gasteiger partial charge in [0.1, 0.15) is 12.4 Å². The number of hydrogen-bond acceptors (Lipinski definition) is 3. The van der Waals surface area contributed by atoms with Crippen molar-refractivity contribution in [1.82, 2.24) is 4.90 Å². The summed E-state index contributed by atoms with van der Waals surface area (Å²) >= 11 is 0. The summed E-state index contributed by atoms with van der Waals surface area (Å²) in [6.07, 6.45) is 3.95. The highest BCUT2D eigenvalue weighted by atomic mass is 16.3. The van der Waals surface area contributed by atoms with Gasteiger partial charge in [0, 0.05) is 32.1 Å². The van der Waals surface area contributed by atoms with E-state index >= 15 is 0 Å². The van der Waals surface area contributed by atoms with E-state index in [1.807, 2.05) is 4.90 Å². The average Bonchev–Trinajstić information content (AvgIpc) is 3.07. The molecule has 0 aromatic rings. The Kier molecular flexibility index (Phi) is 2.73. The molecule has 1 N–H and O–H groups in total. The third-order valence-corrected chi connectivity index (χ3v) is 7.31. The number of aliphatic imine (C=N–C) groups is 1. The van der Waals surface area contributed by atoms with Crippen molar-refractivity contribution >= 4 is 26.1 Å². The molecule has 0 spiro atoms. The molecule has 3 aliphatic heterocycles. The molecule has 5 aliphatic rings. The number of nitrogens with zero attached hydrogens (tertiary/aromatic N) is 2. The molecule has 2 radical (unpaired) electrons. The van der Waals surface area contributed by atoms with E-state index in [9.17, 15) is 9.90 Å². The maximum atomic E-state index is 12.8. The zero-order valence-corrected chi connectivity index (χ0v) is 13.1. The van der Waals surface area contributed by atoms with Crippen LogP contribution in [0.5, 0.6) is 0 Å². The van der Waals surface area contributed by atoms with Gasteiger partial charge in [0.2, 0.25) is 5.91 Å². The van der Waals surface area contributed by atoms with Gasteiger partial charge in [-0.05, 0) is 49.3 Å². The highest BCUT2D eigenvalue weighted by molar-refractivity contribution is 7.12. The number of amidine groups is 1. The number of aliphatic hydroxyl groups excluding tert-OH is 1. The number of rotatable bonds is 0. The summed E-state index contributed by atoms with van der Waals surface area (Å²) in [4.78, 5) is 19.7. The molecular formula is C16H22B2N2O2. The normalized spacial score (nSPS) is 52.5. The Morgan fingerprint density at radius 3 is 2.91 bits per heavy atom. The second-order valence-electron chi connectivity index (χ2n) is 8.22. The van der Waals surface area contributed by atoms with E-state index in [4.69, 9.17) is 12.7 Å². The predicted octanol–water partition coefficient (Wildman–Crippen LogP) is 0.742. The van der Waals surface area contributed by atoms with Crippen LogP contribution in [0.15, 0.2) is 4.99 Å². The largest absolute Gasteiger partial charge is 0.393 e. The van der Waals surface area contributed by atoms with Gasteiger partial charge in [-0.25, -0.2) is 0 Å². The van der Waals surface area contributed by atoms with Crippen LogP contribution < -0.4 is 0 Å². The molecule has 4 nitrogen and oxygen atoms in total. The standard InChI is InChI=1S/C16H22B2N2O2/c1-7-11(21)5-3-8-2-4-9-13(12(7)8)15-19-14-10(18(14)17)6-20(15)16(9)22/h7-14,21H,2-6H2,1H3/t7?,8?,9?,10-,11?,12?,13?,14+/m1/s1. The Morgan fingerprint density at radius 1 is 1.32 bits per heavy atom. The van der Waals surface area contributed by atoms with Gasteiger partial charge < -0.3 is 10.0 Å². The summed E-state index contributed by atoms with van der Waals surface area (Å²) in [7, 11) is 6.08. The van der Waals surface area contributed by atoms with Crippen molar-refractivity contribution in [1.29, 1.82) is 0 Å². The number of aliphatic hydroxyl groups is 1. The van der Waals surface area contributed by atoms with Crippen LogP contribution in [0.4, 0.5) is 0 Å². The Morgan fingerprint density at radius 2 is 2.09 bits per heavy atom. The van der Waals surface area contributed by atoms with Crippen molar-refractivity contribution in [2.45, 2.75) is 50.5 Å². The van der Waals surface area contributed by atoms with Gasteiger partial charge in [-0.3, -0.25) is 9.79 Å². The van der Waals surface area contributed by atoms with Crippen LogP contribution in [0.2, 0.25) is 5.82 Å². The maximum Gasteiger partial charge on any atom is 0.231 e. The summed E-state index contributed by atoms with van der Waals surface area (Å²) in [5, 5.41) is 10.3. The molecule has 2 saturated heterocycles. The first-order valence-corrected chi connectivity index (χ1v) is 8.90. The summed E-state index contributed by atoms with van der Waals surface area (Å²) in [5.74, 6) is 3.65. The van der Waals surface area contributed by atoms with Crippen LogP contribution in [0.1, 0.15) is 32.6 Å². The van der Waals surface area contributed by atoms with Crippen LogP contribution in [-0.2, 0) is 4.79 Å². The van der Waals surface area contributed by atoms with Crippen molar-refractivity contribution in [3.8, 4) is 0 Å². The molecule has 8 atom stereocenters. The van der Waals surface area contributed by atoms with Gasteiger partial charge in [-0.15, -0.1) is 0 Å². The summed E-state index contributed by atoms with van der Waals surface area (Å²) in [6.45, 7) is 3.11. The molecule has 0 aromatic heterocycles. The van der Waals surface area contributed by atoms with Crippen molar-refractivity contribution in [3.63, 3.8) is 0 Å². The van der Waals surface area contributed by atoms with Crippen molar-refractivity contribution in [2.24, 2.45) is 34.6 Å². The van der Waals surface area contributed by atoms with Gasteiger partial charge in [-0.1, -0.05) is 6.92 Å². The van der Waals surface area contributed by atoms with Crippen molar-refractivity contribution in [3.05, 3.63) is 0 Å². The van der Waals surface area contributed by atoms with E-state index in [2.05, 4.69) is 6.92 Å². The smallest absolute Gasteiger partial charge is 0.231 e. The quantitative estimate of drug-likeness (QED) is 0.670. The van der Waals surface area contributed by atoms with E-state index in [1.54, 1.807) is 0 Å². The first-order chi connectivity index (χ1) is 10.6. The number of carbonyl (C=O) groups is 1. The molecule has 3 heterocycles. The molecule has 22 heavy (non-hydrogen) atoms. The molecule has 2 aliphatic carbocycles. The molecule has 0 aromatic carbocycles. The Hall–Kier alpha value is -0.770. The van der Waals surface area contributed by atoms with Crippen LogP contribution in [0, 0.1) is 29.6 Å². The first-order valence-electron chi connectivity index (χ1n) is 8.90. The van der Waals surface area contributed by atoms with Gasteiger partial charge in [0.15, 0.2) is 0 Å². The molecule has 114 valence electrons. The molecule has 0 bridgehead atoms. The zero-order valence-electron chi connectivity index (χ0n) is 13.1. The lowest BCUT2D eigenvalue weighted by molar-refractivity contribution is -0.132. The van der Waals surface area contributed by atoms with E-state index in [-0.39, 0.29) is 42.3 Å². The first kappa shape index (κ1) is 13.6. The minimum atomic E-state index is -0.218. The van der Waals surface area contributed by atoms with E-state index < -0.39 is 0 Å². The fourth-order valence-electron chi connectivity index (χ4n) is 5.94. The molecule has 6 unspecified atom stereocenters. The van der Waals surface area contributed by atoms with Crippen LogP contribution in [0.25, 0.3) is 0 Å². The summed E-state index contributed by atoms with van der Waals surface area (Å²) < 4.78 is 0. The van der Waals surface area contributed by atoms with Gasteiger partial charge in [-0.2, -0.15) is 0 Å². The topological polar surface area (TPSA) is 52.9 Å². The van der Waals surface area contributed by atoms with E-state index in [0.29, 0.717) is 17.7 Å². The number of fused-ring (bicyclic) bond motifs is 6. The lowest BCUT2D eigenvalue weighted by atomic mass is 9.45. The lowest BCUT2D eigenvalue weighted by Gasteiger charge is -2.47. The number of carbonyl (C=O) groups excluding carboxylic acids is 1. The Bertz CT molecular complexity index is 566. The van der Waals surface area contributed by atoms with Crippen LogP contribution >= 0.6 is 0 Å². The molecule has 6 heteroatoms. The minimum Gasteiger partial charge on any atom is -0.393 e. The fraction of sp³-hybridized carbons (Fsp3) is 0.875. The van der Waals surface area contributed by atoms with Crippen LogP contribution in [0.3, 0.4) is 0 Å². The molecule has 1 amide bonds. The highest BCUT2D eigenvalue weighted by Gasteiger charge is 2.61. The van der Waals surface area contributed by atoms with E-state index in [0.717, 1.165) is 38.1 Å². The average molecular weight is 296 g/mol. The van der Waals surface area contributed by atoms with Gasteiger partial charge >= 0.3 is 0 Å². The monoisotopic (exact) mass is 296 g/mol. The van der Waals surface area contributed by atoms with Crippen molar-refractivity contribution < 1.29 is 9.90 Å². The summed E-state index contributed by atoms with van der Waals surface area (Å²) in [6, 6.07) is 0. The third kappa shape index (κ3) is 1.60. The molecule has 2 saturated carbocycles. The second-order valence-corrected chi connectivity index (χ2v) is 8.22. The maximum absolute atomic E-state index is 12.8. The van der Waals surface area contributed by atoms with Crippen molar-refractivity contribution in [2.75, 3.05) is 6.54 Å². The minimum absolute atomic E-state index is 0.112. The second kappa shape index (κ2) is 4.40. The Balaban J connectivity index is 1.55. The molecule has 5 rings (SSSR count). The molecular weight excluding hydrogens is 274 g/mol. The zero-order chi connectivity index (χ0) is 15.2. The summed E-state index contributed by atoms with van der Waals surface area (Å²) in [5.41, 5.74) is 0. The lowest BCUT2D eigenvalue weighted by Crippen LogP contribution is -2.47. The van der Waals surface area contributed by atoms with E-state index in [1.165, 1.54) is 0 Å². The van der Waals surface area contributed by atoms with Crippen LogP contribution in [-0.4, -0.2) is 54.7 Å². The predicted molar refractivity (Wildman–Crippen MR) is 85.8 cm³/mol.